The van der Waals surface area contributed by atoms with E-state index < -0.39 is 0 Å². The number of hydrogen-bond donors (Lipinski definition) is 2. The van der Waals surface area contributed by atoms with Crippen molar-refractivity contribution in [2.75, 3.05) is 20.2 Å². The summed E-state index contributed by atoms with van der Waals surface area (Å²) in [5.74, 6) is 0.727. The number of rotatable bonds is 3. The van der Waals surface area contributed by atoms with Gasteiger partial charge in [-0.1, -0.05) is 0 Å². The van der Waals surface area contributed by atoms with Crippen LogP contribution in [0.2, 0.25) is 0 Å². The molecule has 0 radical (unpaired) electrons. The summed E-state index contributed by atoms with van der Waals surface area (Å²) in [4.78, 5) is 11.9. The number of carbonyl (C=O) groups excluding carboxylic acids is 1. The van der Waals surface area contributed by atoms with E-state index in [0.29, 0.717) is 24.2 Å². The first-order valence-electron chi connectivity index (χ1n) is 5.31. The molecule has 0 aliphatic carbocycles. The monoisotopic (exact) mass is 221 g/mol. The van der Waals surface area contributed by atoms with Gasteiger partial charge >= 0.3 is 0 Å². The molecule has 1 aromatic carbocycles. The first kappa shape index (κ1) is 11.0. The molecule has 0 spiro atoms. The molecule has 0 aromatic heterocycles. The molecule has 4 nitrogen and oxygen atoms in total. The Morgan fingerprint density at radius 1 is 1.62 bits per heavy atom. The van der Waals surface area contributed by atoms with Crippen molar-refractivity contribution in [3.05, 3.63) is 22.8 Å². The van der Waals surface area contributed by atoms with Crippen LogP contribution in [0.4, 0.5) is 0 Å². The zero-order valence-electron chi connectivity index (χ0n) is 9.46. The lowest BCUT2D eigenvalue weighted by molar-refractivity contribution is 0.0990. The molecular formula is C12H15NO3. The lowest BCUT2D eigenvalue weighted by Crippen LogP contribution is -2.20. The Balaban J connectivity index is 2.54. The predicted molar refractivity (Wildman–Crippen MR) is 60.3 cm³/mol. The van der Waals surface area contributed by atoms with Gasteiger partial charge in [-0.25, -0.2) is 0 Å². The molecule has 0 amide bonds. The molecule has 16 heavy (non-hydrogen) atoms. The predicted octanol–water partition coefficient (Wildman–Crippen LogP) is 1.04. The molecule has 1 aromatic rings. The number of Topliss-reactive ketones (excluding diaryl/α,β-unsaturated/α-hetero) is 1. The highest BCUT2D eigenvalue weighted by Crippen LogP contribution is 2.36. The van der Waals surface area contributed by atoms with Gasteiger partial charge in [0.2, 0.25) is 0 Å². The molecule has 4 heteroatoms. The first-order valence-corrected chi connectivity index (χ1v) is 5.31. The molecule has 0 bridgehead atoms. The number of ketones is 1. The van der Waals surface area contributed by atoms with Crippen LogP contribution in [-0.4, -0.2) is 31.1 Å². The van der Waals surface area contributed by atoms with Gasteiger partial charge in [-0.2, -0.15) is 0 Å². The molecule has 2 N–H and O–H groups in total. The van der Waals surface area contributed by atoms with Crippen molar-refractivity contribution in [2.24, 2.45) is 0 Å². The number of aromatic hydroxyl groups is 1. The SMILES string of the molecule is CNCC(=O)c1c(O)c(C)cc2c1CCO2. The van der Waals surface area contributed by atoms with Crippen molar-refractivity contribution in [1.29, 1.82) is 0 Å². The van der Waals surface area contributed by atoms with Crippen molar-refractivity contribution in [3.8, 4) is 11.5 Å². The molecule has 0 saturated heterocycles. The summed E-state index contributed by atoms with van der Waals surface area (Å²) < 4.78 is 5.42. The van der Waals surface area contributed by atoms with Crippen molar-refractivity contribution in [3.63, 3.8) is 0 Å². The summed E-state index contributed by atoms with van der Waals surface area (Å²) in [5.41, 5.74) is 1.94. The normalized spacial score (nSPS) is 13.4. The van der Waals surface area contributed by atoms with Crippen molar-refractivity contribution in [1.82, 2.24) is 5.32 Å². The van der Waals surface area contributed by atoms with E-state index in [4.69, 9.17) is 4.74 Å². The summed E-state index contributed by atoms with van der Waals surface area (Å²) in [6, 6.07) is 1.79. The number of aryl methyl sites for hydroxylation is 1. The number of ether oxygens (including phenoxy) is 1. The molecule has 0 atom stereocenters. The van der Waals surface area contributed by atoms with Gasteiger partial charge in [0.1, 0.15) is 11.5 Å². The van der Waals surface area contributed by atoms with Gasteiger partial charge in [-0.05, 0) is 25.6 Å². The highest BCUT2D eigenvalue weighted by Gasteiger charge is 2.25. The molecule has 0 saturated carbocycles. The van der Waals surface area contributed by atoms with Gasteiger partial charge in [-0.3, -0.25) is 4.79 Å². The maximum absolute atomic E-state index is 11.9. The van der Waals surface area contributed by atoms with Gasteiger partial charge in [0.15, 0.2) is 5.78 Å². The van der Waals surface area contributed by atoms with Crippen LogP contribution < -0.4 is 10.1 Å². The topological polar surface area (TPSA) is 58.6 Å². The molecule has 0 unspecified atom stereocenters. The Kier molecular flexibility index (Phi) is 2.83. The molecule has 1 aliphatic heterocycles. The average Bonchev–Trinajstić information content (AvgIpc) is 2.67. The van der Waals surface area contributed by atoms with Crippen molar-refractivity contribution in [2.45, 2.75) is 13.3 Å². The fourth-order valence-corrected chi connectivity index (χ4v) is 2.00. The summed E-state index contributed by atoms with van der Waals surface area (Å²) in [6.07, 6.45) is 0.688. The largest absolute Gasteiger partial charge is 0.507 e. The highest BCUT2D eigenvalue weighted by atomic mass is 16.5. The fourth-order valence-electron chi connectivity index (χ4n) is 2.00. The van der Waals surface area contributed by atoms with Gasteiger partial charge in [0, 0.05) is 12.0 Å². The maximum Gasteiger partial charge on any atom is 0.180 e. The van der Waals surface area contributed by atoms with Crippen LogP contribution in [0.1, 0.15) is 21.5 Å². The Hall–Kier alpha value is -1.55. The second-order valence-electron chi connectivity index (χ2n) is 3.95. The van der Waals surface area contributed by atoms with Gasteiger partial charge < -0.3 is 15.2 Å². The van der Waals surface area contributed by atoms with Gasteiger partial charge in [0.05, 0.1) is 18.7 Å². The van der Waals surface area contributed by atoms with Crippen LogP contribution in [-0.2, 0) is 6.42 Å². The highest BCUT2D eigenvalue weighted by molar-refractivity contribution is 6.02. The quantitative estimate of drug-likeness (QED) is 0.749. The minimum Gasteiger partial charge on any atom is -0.507 e. The Morgan fingerprint density at radius 3 is 3.06 bits per heavy atom. The second kappa shape index (κ2) is 4.14. The van der Waals surface area contributed by atoms with Crippen LogP contribution in [0.15, 0.2) is 6.07 Å². The summed E-state index contributed by atoms with van der Waals surface area (Å²) >= 11 is 0. The Morgan fingerprint density at radius 2 is 2.38 bits per heavy atom. The van der Waals surface area contributed by atoms with E-state index in [-0.39, 0.29) is 18.1 Å². The van der Waals surface area contributed by atoms with Crippen LogP contribution in [0.5, 0.6) is 11.5 Å². The van der Waals surface area contributed by atoms with Crippen LogP contribution in [0.3, 0.4) is 0 Å². The molecule has 1 aliphatic rings. The number of carbonyl (C=O) groups is 1. The maximum atomic E-state index is 11.9. The lowest BCUT2D eigenvalue weighted by atomic mass is 9.97. The zero-order chi connectivity index (χ0) is 11.7. The van der Waals surface area contributed by atoms with E-state index in [1.807, 2.05) is 0 Å². The van der Waals surface area contributed by atoms with E-state index in [0.717, 1.165) is 11.3 Å². The van der Waals surface area contributed by atoms with Gasteiger partial charge in [-0.15, -0.1) is 0 Å². The number of fused-ring (bicyclic) bond motifs is 1. The van der Waals surface area contributed by atoms with E-state index in [1.165, 1.54) is 0 Å². The third-order valence-electron chi connectivity index (χ3n) is 2.78. The second-order valence-corrected chi connectivity index (χ2v) is 3.95. The molecule has 1 heterocycles. The van der Waals surface area contributed by atoms with Crippen molar-refractivity contribution < 1.29 is 14.6 Å². The third-order valence-corrected chi connectivity index (χ3v) is 2.78. The van der Waals surface area contributed by atoms with Crippen LogP contribution in [0, 0.1) is 6.92 Å². The number of benzene rings is 1. The molecular weight excluding hydrogens is 206 g/mol. The molecule has 2 rings (SSSR count). The zero-order valence-corrected chi connectivity index (χ0v) is 9.46. The lowest BCUT2D eigenvalue weighted by Gasteiger charge is -2.11. The standard InChI is InChI=1S/C12H15NO3/c1-7-5-10-8(3-4-16-10)11(12(7)15)9(14)6-13-2/h5,13,15H,3-4,6H2,1-2H3. The molecule has 86 valence electrons. The number of likely N-dealkylation sites (N-methyl/N-ethyl adjacent to an activating group) is 1. The minimum absolute atomic E-state index is 0.0875. The Bertz CT molecular complexity index is 440. The number of nitrogens with one attached hydrogen (secondary N) is 1. The Labute approximate surface area is 94.2 Å². The van der Waals surface area contributed by atoms with Crippen molar-refractivity contribution >= 4 is 5.78 Å². The number of phenolic OH excluding ortho intramolecular Hbond substituents is 1. The smallest absolute Gasteiger partial charge is 0.180 e. The van der Waals surface area contributed by atoms with Crippen LogP contribution in [0.25, 0.3) is 0 Å². The average molecular weight is 221 g/mol. The number of hydrogen-bond acceptors (Lipinski definition) is 4. The van der Waals surface area contributed by atoms with E-state index in [2.05, 4.69) is 5.32 Å². The fraction of sp³-hybridized carbons (Fsp3) is 0.417. The molecule has 0 fully saturated rings. The first-order chi connectivity index (χ1) is 7.65. The van der Waals surface area contributed by atoms with E-state index in [9.17, 15) is 9.90 Å². The van der Waals surface area contributed by atoms with E-state index >= 15 is 0 Å². The summed E-state index contributed by atoms with van der Waals surface area (Å²) in [6.45, 7) is 2.58. The minimum atomic E-state index is -0.0922. The van der Waals surface area contributed by atoms with Gasteiger partial charge in [0.25, 0.3) is 0 Å². The number of phenols is 1. The summed E-state index contributed by atoms with van der Waals surface area (Å²) in [5, 5.41) is 12.8. The third kappa shape index (κ3) is 1.65. The summed E-state index contributed by atoms with van der Waals surface area (Å²) in [7, 11) is 1.71. The van der Waals surface area contributed by atoms with E-state index in [1.54, 1.807) is 20.0 Å². The van der Waals surface area contributed by atoms with Crippen LogP contribution >= 0.6 is 0 Å².